The predicted molar refractivity (Wildman–Crippen MR) is 75.8 cm³/mol. The van der Waals surface area contributed by atoms with Crippen molar-refractivity contribution in [2.75, 3.05) is 10.7 Å². The molecule has 0 aliphatic rings. The number of nitrogens with two attached hydrogens (primary N) is 1. The largest absolute Gasteiger partial charge is 0.340 e. The zero-order valence-corrected chi connectivity index (χ0v) is 10.5. The van der Waals surface area contributed by atoms with Gasteiger partial charge in [-0.25, -0.2) is 10.8 Å². The number of nitrogens with zero attached hydrogens (tertiary/aromatic N) is 1. The van der Waals surface area contributed by atoms with Gasteiger partial charge in [0.15, 0.2) is 0 Å². The third kappa shape index (κ3) is 3.21. The van der Waals surface area contributed by atoms with Crippen LogP contribution >= 0.6 is 0 Å². The molecule has 2 aromatic rings. The van der Waals surface area contributed by atoms with Crippen molar-refractivity contribution in [3.63, 3.8) is 0 Å². The minimum atomic E-state index is 0.641. The molecule has 1 aromatic carbocycles. The van der Waals surface area contributed by atoms with Crippen molar-refractivity contribution in [3.8, 4) is 0 Å². The normalized spacial score (nSPS) is 10.1. The van der Waals surface area contributed by atoms with Crippen LogP contribution in [0.5, 0.6) is 0 Å². The lowest BCUT2D eigenvalue weighted by molar-refractivity contribution is 0.922. The Morgan fingerprint density at radius 1 is 1.06 bits per heavy atom. The van der Waals surface area contributed by atoms with Crippen molar-refractivity contribution < 1.29 is 0 Å². The monoisotopic (exact) mass is 242 g/mol. The second-order valence-corrected chi connectivity index (χ2v) is 4.12. The van der Waals surface area contributed by atoms with Crippen LogP contribution in [0.4, 0.5) is 17.3 Å². The quantitative estimate of drug-likeness (QED) is 0.557. The van der Waals surface area contributed by atoms with Crippen molar-refractivity contribution in [2.45, 2.75) is 19.8 Å². The first kappa shape index (κ1) is 12.4. The fourth-order valence-corrected chi connectivity index (χ4v) is 1.78. The molecule has 4 N–H and O–H groups in total. The number of benzene rings is 1. The maximum atomic E-state index is 5.33. The molecule has 0 atom stereocenters. The highest BCUT2D eigenvalue weighted by molar-refractivity contribution is 5.58. The first-order valence-electron chi connectivity index (χ1n) is 6.11. The van der Waals surface area contributed by atoms with E-state index in [1.807, 2.05) is 18.2 Å². The second-order valence-electron chi connectivity index (χ2n) is 4.12. The number of hydrazine groups is 1. The number of hydrogen-bond donors (Lipinski definition) is 3. The fraction of sp³-hybridized carbons (Fsp3) is 0.214. The fourth-order valence-electron chi connectivity index (χ4n) is 1.78. The van der Waals surface area contributed by atoms with Crippen LogP contribution in [0.3, 0.4) is 0 Å². The van der Waals surface area contributed by atoms with Crippen LogP contribution in [0.1, 0.15) is 18.9 Å². The predicted octanol–water partition coefficient (Wildman–Crippen LogP) is 3.06. The Kier molecular flexibility index (Phi) is 4.15. The molecule has 4 heteroatoms. The van der Waals surface area contributed by atoms with E-state index < -0.39 is 0 Å². The molecule has 0 aliphatic carbocycles. The Labute approximate surface area is 107 Å². The van der Waals surface area contributed by atoms with Gasteiger partial charge in [-0.3, -0.25) is 0 Å². The Balaban J connectivity index is 2.08. The first-order chi connectivity index (χ1) is 8.81. The average Bonchev–Trinajstić information content (AvgIpc) is 2.42. The van der Waals surface area contributed by atoms with Gasteiger partial charge in [-0.1, -0.05) is 31.5 Å². The average molecular weight is 242 g/mol. The van der Waals surface area contributed by atoms with Crippen LogP contribution < -0.4 is 16.6 Å². The number of aromatic nitrogens is 1. The highest BCUT2D eigenvalue weighted by atomic mass is 15.3. The van der Waals surface area contributed by atoms with Gasteiger partial charge < -0.3 is 10.7 Å². The standard InChI is InChI=1S/C14H18N4/c1-2-4-11-7-9-12(10-8-11)16-13-5-3-6-14(17-13)18-15/h3,5-10H,2,4,15H2,1H3,(H2,16,17,18). The van der Waals surface area contributed by atoms with Crippen LogP contribution in [-0.4, -0.2) is 4.98 Å². The van der Waals surface area contributed by atoms with E-state index >= 15 is 0 Å². The zero-order valence-electron chi connectivity index (χ0n) is 10.5. The number of aryl methyl sites for hydroxylation is 1. The molecular weight excluding hydrogens is 224 g/mol. The summed E-state index contributed by atoms with van der Waals surface area (Å²) in [5.74, 6) is 6.74. The van der Waals surface area contributed by atoms with Gasteiger partial charge in [0, 0.05) is 5.69 Å². The van der Waals surface area contributed by atoms with E-state index in [1.165, 1.54) is 12.0 Å². The molecule has 0 saturated carbocycles. The lowest BCUT2D eigenvalue weighted by atomic mass is 10.1. The minimum Gasteiger partial charge on any atom is -0.340 e. The molecule has 18 heavy (non-hydrogen) atoms. The Morgan fingerprint density at radius 2 is 1.78 bits per heavy atom. The van der Waals surface area contributed by atoms with Gasteiger partial charge in [-0.05, 0) is 36.2 Å². The van der Waals surface area contributed by atoms with E-state index in [0.29, 0.717) is 5.82 Å². The van der Waals surface area contributed by atoms with E-state index in [1.54, 1.807) is 0 Å². The molecule has 2 rings (SSSR count). The third-order valence-corrected chi connectivity index (χ3v) is 2.66. The molecule has 94 valence electrons. The number of anilines is 3. The number of hydrogen-bond acceptors (Lipinski definition) is 4. The maximum Gasteiger partial charge on any atom is 0.142 e. The molecule has 0 bridgehead atoms. The first-order valence-corrected chi connectivity index (χ1v) is 6.11. The maximum absolute atomic E-state index is 5.33. The summed E-state index contributed by atoms with van der Waals surface area (Å²) in [5.41, 5.74) is 4.91. The molecule has 0 fully saturated rings. The van der Waals surface area contributed by atoms with Gasteiger partial charge in [0.05, 0.1) is 0 Å². The summed E-state index contributed by atoms with van der Waals surface area (Å²) in [6, 6.07) is 14.0. The molecule has 0 amide bonds. The topological polar surface area (TPSA) is 63.0 Å². The van der Waals surface area contributed by atoms with Crippen molar-refractivity contribution in [1.29, 1.82) is 0 Å². The van der Waals surface area contributed by atoms with Gasteiger partial charge in [0.25, 0.3) is 0 Å². The lowest BCUT2D eigenvalue weighted by Gasteiger charge is -2.08. The zero-order chi connectivity index (χ0) is 12.8. The summed E-state index contributed by atoms with van der Waals surface area (Å²) in [7, 11) is 0. The molecular formula is C14H18N4. The summed E-state index contributed by atoms with van der Waals surface area (Å²) in [6.07, 6.45) is 2.28. The van der Waals surface area contributed by atoms with Gasteiger partial charge in [-0.15, -0.1) is 0 Å². The van der Waals surface area contributed by atoms with Crippen LogP contribution in [0.15, 0.2) is 42.5 Å². The van der Waals surface area contributed by atoms with Crippen LogP contribution in [0.2, 0.25) is 0 Å². The molecule has 1 aromatic heterocycles. The smallest absolute Gasteiger partial charge is 0.142 e. The van der Waals surface area contributed by atoms with E-state index in [0.717, 1.165) is 17.9 Å². The summed E-state index contributed by atoms with van der Waals surface area (Å²) in [4.78, 5) is 4.30. The molecule has 4 nitrogen and oxygen atoms in total. The van der Waals surface area contributed by atoms with Gasteiger partial charge in [-0.2, -0.15) is 0 Å². The van der Waals surface area contributed by atoms with Gasteiger partial charge in [0.2, 0.25) is 0 Å². The highest BCUT2D eigenvalue weighted by Gasteiger charge is 1.98. The van der Waals surface area contributed by atoms with Gasteiger partial charge >= 0.3 is 0 Å². The van der Waals surface area contributed by atoms with E-state index in [9.17, 15) is 0 Å². The Hall–Kier alpha value is -2.07. The Morgan fingerprint density at radius 3 is 2.44 bits per heavy atom. The number of nitrogens with one attached hydrogen (secondary N) is 2. The van der Waals surface area contributed by atoms with Crippen molar-refractivity contribution in [3.05, 3.63) is 48.0 Å². The molecule has 0 saturated heterocycles. The lowest BCUT2D eigenvalue weighted by Crippen LogP contribution is -2.08. The van der Waals surface area contributed by atoms with Crippen LogP contribution in [-0.2, 0) is 6.42 Å². The van der Waals surface area contributed by atoms with Crippen LogP contribution in [0.25, 0.3) is 0 Å². The van der Waals surface area contributed by atoms with Crippen LogP contribution in [0, 0.1) is 0 Å². The summed E-state index contributed by atoms with van der Waals surface area (Å²) in [6.45, 7) is 2.18. The number of rotatable bonds is 5. The number of nitrogen functional groups attached to an aromatic ring is 1. The molecule has 1 heterocycles. The SMILES string of the molecule is CCCc1ccc(Nc2cccc(NN)n2)cc1. The van der Waals surface area contributed by atoms with Crippen molar-refractivity contribution >= 4 is 17.3 Å². The van der Waals surface area contributed by atoms with E-state index in [2.05, 4.69) is 46.9 Å². The third-order valence-electron chi connectivity index (χ3n) is 2.66. The second kappa shape index (κ2) is 6.02. The molecule has 0 aliphatic heterocycles. The number of pyridine rings is 1. The highest BCUT2D eigenvalue weighted by Crippen LogP contribution is 2.17. The van der Waals surface area contributed by atoms with E-state index in [4.69, 9.17) is 5.84 Å². The minimum absolute atomic E-state index is 0.641. The Bertz CT molecular complexity index is 493. The molecule has 0 radical (unpaired) electrons. The van der Waals surface area contributed by atoms with Crippen molar-refractivity contribution in [1.82, 2.24) is 4.98 Å². The summed E-state index contributed by atoms with van der Waals surface area (Å²) in [5, 5.41) is 3.24. The summed E-state index contributed by atoms with van der Waals surface area (Å²) < 4.78 is 0. The van der Waals surface area contributed by atoms with Gasteiger partial charge in [0.1, 0.15) is 11.6 Å². The summed E-state index contributed by atoms with van der Waals surface area (Å²) >= 11 is 0. The molecule has 0 spiro atoms. The van der Waals surface area contributed by atoms with E-state index in [-0.39, 0.29) is 0 Å². The van der Waals surface area contributed by atoms with Crippen molar-refractivity contribution in [2.24, 2.45) is 5.84 Å². The molecule has 0 unspecified atom stereocenters.